The summed E-state index contributed by atoms with van der Waals surface area (Å²) in [5.74, 6) is 0. The molecule has 1 N–H and O–H groups in total. The molecule has 26 heavy (non-hydrogen) atoms. The minimum absolute atomic E-state index is 0.889. The number of nitrogens with one attached hydrogen (secondary N) is 1. The topological polar surface area (TPSA) is 21.3 Å². The van der Waals surface area contributed by atoms with Crippen LogP contribution in [-0.2, 0) is 4.74 Å². The first-order chi connectivity index (χ1) is 12.8. The van der Waals surface area contributed by atoms with Crippen LogP contribution in [0.3, 0.4) is 0 Å². The molecule has 0 atom stereocenters. The Morgan fingerprint density at radius 3 is 1.19 bits per heavy atom. The summed E-state index contributed by atoms with van der Waals surface area (Å²) in [5, 5.41) is 3.16. The van der Waals surface area contributed by atoms with E-state index in [-0.39, 0.29) is 0 Å². The number of hydrogen-bond donors (Lipinski definition) is 1. The molecule has 0 amide bonds. The van der Waals surface area contributed by atoms with Gasteiger partial charge >= 0.3 is 128 Å². The molecule has 0 spiro atoms. The summed E-state index contributed by atoms with van der Waals surface area (Å²) in [5.41, 5.74) is 0. The van der Waals surface area contributed by atoms with Crippen molar-refractivity contribution in [2.24, 2.45) is 0 Å². The number of morpholine rings is 1. The van der Waals surface area contributed by atoms with Gasteiger partial charge in [-0.15, -0.1) is 0 Å². The molecule has 0 radical (unpaired) electrons. The first kappa shape index (κ1) is 19.4. The SMILES string of the molecule is C1COCCN1.[Cl][Sn]([c]1ccccc1)([c]1ccccc1)[c]1ccccc1. The van der Waals surface area contributed by atoms with E-state index in [1.807, 2.05) is 18.2 Å². The van der Waals surface area contributed by atoms with Crippen molar-refractivity contribution >= 4 is 36.9 Å². The van der Waals surface area contributed by atoms with Gasteiger partial charge in [0, 0.05) is 13.1 Å². The third kappa shape index (κ3) is 4.89. The van der Waals surface area contributed by atoms with Crippen molar-refractivity contribution in [1.82, 2.24) is 5.32 Å². The Balaban J connectivity index is 0.000000278. The van der Waals surface area contributed by atoms with E-state index in [0.29, 0.717) is 0 Å². The summed E-state index contributed by atoms with van der Waals surface area (Å²) in [6.07, 6.45) is 0. The van der Waals surface area contributed by atoms with Gasteiger partial charge in [-0.25, -0.2) is 0 Å². The molecule has 1 saturated heterocycles. The zero-order valence-corrected chi connectivity index (χ0v) is 18.4. The Hall–Kier alpha value is -1.33. The number of hydrogen-bond acceptors (Lipinski definition) is 2. The Morgan fingerprint density at radius 1 is 0.615 bits per heavy atom. The van der Waals surface area contributed by atoms with Crippen LogP contribution < -0.4 is 16.1 Å². The molecule has 134 valence electrons. The molecule has 4 heteroatoms. The van der Waals surface area contributed by atoms with Crippen molar-refractivity contribution in [1.29, 1.82) is 0 Å². The van der Waals surface area contributed by atoms with Crippen molar-refractivity contribution in [3.63, 3.8) is 0 Å². The van der Waals surface area contributed by atoms with Crippen molar-refractivity contribution in [2.75, 3.05) is 26.3 Å². The molecule has 0 aromatic heterocycles. The summed E-state index contributed by atoms with van der Waals surface area (Å²) in [4.78, 5) is 0. The van der Waals surface area contributed by atoms with Crippen molar-refractivity contribution in [3.8, 4) is 0 Å². The zero-order chi connectivity index (χ0) is 18.1. The van der Waals surface area contributed by atoms with Gasteiger partial charge in [-0.3, -0.25) is 0 Å². The van der Waals surface area contributed by atoms with Crippen LogP contribution in [0.1, 0.15) is 0 Å². The summed E-state index contributed by atoms with van der Waals surface area (Å²) < 4.78 is 8.88. The van der Waals surface area contributed by atoms with Gasteiger partial charge in [-0.1, -0.05) is 0 Å². The molecule has 1 aliphatic rings. The molecular weight excluding hydrogens is 448 g/mol. The van der Waals surface area contributed by atoms with E-state index < -0.39 is 17.3 Å². The van der Waals surface area contributed by atoms with Crippen LogP contribution in [0, 0.1) is 0 Å². The normalized spacial score (nSPS) is 14.2. The van der Waals surface area contributed by atoms with Crippen LogP contribution in [0.15, 0.2) is 91.0 Å². The van der Waals surface area contributed by atoms with Crippen molar-refractivity contribution in [3.05, 3.63) is 91.0 Å². The average Bonchev–Trinajstić information content (AvgIpc) is 2.77. The minimum atomic E-state index is -3.30. The maximum absolute atomic E-state index is 7.33. The zero-order valence-electron chi connectivity index (χ0n) is 14.8. The molecule has 1 fully saturated rings. The van der Waals surface area contributed by atoms with E-state index in [1.54, 1.807) is 0 Å². The Kier molecular flexibility index (Phi) is 7.56. The molecule has 0 unspecified atom stereocenters. The van der Waals surface area contributed by atoms with E-state index in [1.165, 1.54) is 10.7 Å². The monoisotopic (exact) mass is 473 g/mol. The third-order valence-corrected chi connectivity index (χ3v) is 18.4. The van der Waals surface area contributed by atoms with E-state index in [9.17, 15) is 0 Å². The summed E-state index contributed by atoms with van der Waals surface area (Å²) in [6, 6.07) is 31.6. The van der Waals surface area contributed by atoms with Gasteiger partial charge in [0.05, 0.1) is 13.2 Å². The van der Waals surface area contributed by atoms with E-state index >= 15 is 0 Å². The summed E-state index contributed by atoms with van der Waals surface area (Å²) in [6.45, 7) is 3.83. The summed E-state index contributed by atoms with van der Waals surface area (Å²) in [7, 11) is 7.33. The molecule has 0 saturated carbocycles. The van der Waals surface area contributed by atoms with Gasteiger partial charge in [0.1, 0.15) is 0 Å². The van der Waals surface area contributed by atoms with Gasteiger partial charge in [-0.05, 0) is 0 Å². The first-order valence-electron chi connectivity index (χ1n) is 8.96. The van der Waals surface area contributed by atoms with E-state index in [4.69, 9.17) is 13.7 Å². The molecular formula is C22H24ClNOSn. The summed E-state index contributed by atoms with van der Waals surface area (Å²) >= 11 is -3.30. The van der Waals surface area contributed by atoms with Crippen molar-refractivity contribution in [2.45, 2.75) is 0 Å². The predicted octanol–water partition coefficient (Wildman–Crippen LogP) is 2.50. The third-order valence-electron chi connectivity index (χ3n) is 4.36. The van der Waals surface area contributed by atoms with Crippen molar-refractivity contribution < 1.29 is 4.74 Å². The van der Waals surface area contributed by atoms with Crippen LogP contribution in [0.25, 0.3) is 0 Å². The Bertz CT molecular complexity index is 656. The number of ether oxygens (including phenoxy) is 1. The van der Waals surface area contributed by atoms with E-state index in [2.05, 4.69) is 78.1 Å². The second kappa shape index (κ2) is 10.1. The van der Waals surface area contributed by atoms with Crippen LogP contribution in [0.2, 0.25) is 0 Å². The van der Waals surface area contributed by atoms with Gasteiger partial charge in [0.25, 0.3) is 0 Å². The standard InChI is InChI=1S/3C6H5.C4H9NO.ClH.Sn/c3*1-2-4-6-5-3-1;1-3-6-4-2-5-1;;/h3*1-5H;5H,1-4H2;1H;/q;;;;;+1/p-1. The molecule has 1 heterocycles. The first-order valence-corrected chi connectivity index (χ1v) is 16.9. The fourth-order valence-corrected chi connectivity index (χ4v) is 14.0. The molecule has 4 rings (SSSR count). The van der Waals surface area contributed by atoms with Gasteiger partial charge in [0.15, 0.2) is 0 Å². The van der Waals surface area contributed by atoms with Gasteiger partial charge < -0.3 is 10.1 Å². The predicted molar refractivity (Wildman–Crippen MR) is 114 cm³/mol. The second-order valence-corrected chi connectivity index (χ2v) is 18.6. The number of rotatable bonds is 3. The van der Waals surface area contributed by atoms with Crippen LogP contribution in [0.4, 0.5) is 0 Å². The molecule has 0 bridgehead atoms. The van der Waals surface area contributed by atoms with E-state index in [0.717, 1.165) is 26.3 Å². The fourth-order valence-electron chi connectivity index (χ4n) is 3.02. The number of benzene rings is 3. The second-order valence-electron chi connectivity index (χ2n) is 6.12. The number of halogens is 1. The molecule has 0 aliphatic carbocycles. The quantitative estimate of drug-likeness (QED) is 0.592. The van der Waals surface area contributed by atoms with Gasteiger partial charge in [0.2, 0.25) is 0 Å². The Labute approximate surface area is 163 Å². The van der Waals surface area contributed by atoms with Crippen LogP contribution in [-0.4, -0.2) is 43.6 Å². The molecule has 2 nitrogen and oxygen atoms in total. The molecule has 3 aromatic rings. The molecule has 3 aromatic carbocycles. The van der Waals surface area contributed by atoms with Crippen LogP contribution in [0.5, 0.6) is 0 Å². The fraction of sp³-hybridized carbons (Fsp3) is 0.182. The van der Waals surface area contributed by atoms with Gasteiger partial charge in [-0.2, -0.15) is 0 Å². The Morgan fingerprint density at radius 2 is 0.962 bits per heavy atom. The van der Waals surface area contributed by atoms with Crippen LogP contribution >= 0.6 is 8.92 Å². The maximum atomic E-state index is 7.33. The molecule has 1 aliphatic heterocycles. The average molecular weight is 473 g/mol.